The highest BCUT2D eigenvalue weighted by atomic mass is 16.2. The molecule has 5 unspecified atom stereocenters. The standard InChI is InChI=1S/4C8H15NO/c4*1-8(2,3)9-7(10)6-4-5-6/h4*6H,4-5H2,1-3H3,(H,9,10)/i4D2,5D2,6D;4D,5D2,6D;4D,5D,6D;4D2,6D. The largest absolute Gasteiger partial charge is 0.351 e. The van der Waals surface area contributed by atoms with E-state index in [1.807, 2.05) is 41.5 Å². The zero-order valence-corrected chi connectivity index (χ0v) is 26.1. The van der Waals surface area contributed by atoms with Crippen LogP contribution in [0.15, 0.2) is 0 Å². The quantitative estimate of drug-likeness (QED) is 0.364. The van der Waals surface area contributed by atoms with Crippen LogP contribution in [-0.4, -0.2) is 45.8 Å². The molecule has 232 valence electrons. The van der Waals surface area contributed by atoms with Crippen molar-refractivity contribution in [2.45, 2.75) is 156 Å². The Balaban J connectivity index is 0.000000367. The summed E-state index contributed by atoms with van der Waals surface area (Å²) in [6, 6.07) is 0. The fraction of sp³-hybridized carbons (Fsp3) is 0.875. The minimum atomic E-state index is -2.42. The van der Waals surface area contributed by atoms with Gasteiger partial charge < -0.3 is 21.3 Å². The molecule has 4 amide bonds. The number of amides is 4. The fourth-order valence-electron chi connectivity index (χ4n) is 2.35. The van der Waals surface area contributed by atoms with E-state index in [1.54, 1.807) is 41.5 Å². The van der Waals surface area contributed by atoms with Crippen molar-refractivity contribution in [3.05, 3.63) is 0 Å². The van der Waals surface area contributed by atoms with Gasteiger partial charge in [-0.2, -0.15) is 0 Å². The number of carbonyl (C=O) groups is 4. The first-order chi connectivity index (χ1) is 23.7. The van der Waals surface area contributed by atoms with Crippen LogP contribution in [0.25, 0.3) is 0 Å². The van der Waals surface area contributed by atoms with Gasteiger partial charge in [-0.05, 0) is 134 Å². The molecule has 0 aromatic heterocycles. The Hall–Kier alpha value is -2.12. The molecule has 0 bridgehead atoms. The first-order valence-electron chi connectivity index (χ1n) is 21.0. The second kappa shape index (κ2) is 14.2. The van der Waals surface area contributed by atoms with Crippen molar-refractivity contribution < 1.29 is 39.7 Å². The van der Waals surface area contributed by atoms with E-state index in [0.29, 0.717) is 0 Å². The lowest BCUT2D eigenvalue weighted by Gasteiger charge is -2.20. The summed E-state index contributed by atoms with van der Waals surface area (Å²) in [6.07, 6.45) is -11.6. The molecule has 0 aromatic rings. The van der Waals surface area contributed by atoms with Crippen LogP contribution in [0.1, 0.15) is 155 Å². The van der Waals surface area contributed by atoms with E-state index in [2.05, 4.69) is 21.3 Å². The Morgan fingerprint density at radius 3 is 0.975 bits per heavy atom. The van der Waals surface area contributed by atoms with Crippen molar-refractivity contribution in [2.24, 2.45) is 23.6 Å². The van der Waals surface area contributed by atoms with Gasteiger partial charge in [0, 0.05) is 66.3 Å². The van der Waals surface area contributed by atoms with Crippen molar-refractivity contribution in [1.82, 2.24) is 21.3 Å². The molecule has 4 saturated carbocycles. The van der Waals surface area contributed by atoms with E-state index in [9.17, 15) is 19.2 Å². The molecule has 0 aromatic carbocycles. The average Bonchev–Trinajstić information content (AvgIpc) is 3.81. The summed E-state index contributed by atoms with van der Waals surface area (Å²) in [5, 5.41) is 10.2. The molecule has 0 heterocycles. The van der Waals surface area contributed by atoms with Gasteiger partial charge in [-0.25, -0.2) is 0 Å². The molecule has 4 aliphatic carbocycles. The number of carbonyl (C=O) groups excluding carboxylic acids is 4. The molecule has 5 atom stereocenters. The zero-order chi connectivity index (χ0) is 44.6. The topological polar surface area (TPSA) is 116 Å². The third-order valence-electron chi connectivity index (χ3n) is 4.19. The SMILES string of the molecule is [2H]C1([2H])C([2H])([2H])C1([2H])C(=O)NC(C)(C)C.[2H]C1([2H])CC1([2H])C(=O)NC(C)(C)C.[2H]C1C([2H])([2H])C1([2H])C(=O)NC(C)(C)C.[2H]C1C([2H])C1([2H])C(=O)NC(C)(C)C. The minimum Gasteiger partial charge on any atom is -0.351 e. The van der Waals surface area contributed by atoms with Crippen LogP contribution in [-0.2, 0) is 19.2 Å². The zero-order valence-electron chi connectivity index (χ0n) is 41.1. The van der Waals surface area contributed by atoms with Crippen molar-refractivity contribution in [2.75, 3.05) is 0 Å². The first kappa shape index (κ1) is 18.4. The Bertz CT molecular complexity index is 1450. The summed E-state index contributed by atoms with van der Waals surface area (Å²) < 4.78 is 110. The third-order valence-corrected chi connectivity index (χ3v) is 4.19. The van der Waals surface area contributed by atoms with Crippen LogP contribution in [0.5, 0.6) is 0 Å². The maximum absolute atomic E-state index is 11.6. The van der Waals surface area contributed by atoms with Gasteiger partial charge in [0.1, 0.15) is 0 Å². The van der Waals surface area contributed by atoms with Crippen molar-refractivity contribution in [3.63, 3.8) is 0 Å². The molecular formula is C32H60N4O4. The van der Waals surface area contributed by atoms with E-state index in [-0.39, 0.29) is 6.42 Å². The lowest BCUT2D eigenvalue weighted by atomic mass is 10.1. The summed E-state index contributed by atoms with van der Waals surface area (Å²) in [7, 11) is 0. The van der Waals surface area contributed by atoms with Gasteiger partial charge in [-0.3, -0.25) is 19.2 Å². The summed E-state index contributed by atoms with van der Waals surface area (Å²) >= 11 is 0. The van der Waals surface area contributed by atoms with Gasteiger partial charge in [0.25, 0.3) is 0 Å². The third kappa shape index (κ3) is 20.7. The van der Waals surface area contributed by atoms with Gasteiger partial charge in [0.15, 0.2) is 0 Å². The molecule has 8 heteroatoms. The van der Waals surface area contributed by atoms with E-state index in [0.717, 1.165) is 0 Å². The number of nitrogens with one attached hydrogen (secondary N) is 4. The molecule has 4 N–H and O–H groups in total. The van der Waals surface area contributed by atoms with Crippen LogP contribution < -0.4 is 21.3 Å². The van der Waals surface area contributed by atoms with Gasteiger partial charge >= 0.3 is 0 Å². The van der Waals surface area contributed by atoms with Gasteiger partial charge in [0.2, 0.25) is 23.6 Å². The van der Waals surface area contributed by atoms with Crippen LogP contribution >= 0.6 is 0 Å². The molecule has 40 heavy (non-hydrogen) atoms. The Kier molecular flexibility index (Phi) is 6.53. The normalized spacial score (nSPS) is 45.1. The number of hydrogen-bond donors (Lipinski definition) is 4. The molecule has 0 radical (unpaired) electrons. The molecule has 0 saturated heterocycles. The predicted octanol–water partition coefficient (Wildman–Crippen LogP) is 5.24. The Labute approximate surface area is 265 Å². The van der Waals surface area contributed by atoms with Crippen LogP contribution in [0.2, 0.25) is 0 Å². The lowest BCUT2D eigenvalue weighted by molar-refractivity contribution is -0.124. The van der Waals surface area contributed by atoms with E-state index in [1.165, 1.54) is 0 Å². The number of hydrogen-bond acceptors (Lipinski definition) is 4. The molecular weight excluding hydrogens is 504 g/mol. The summed E-state index contributed by atoms with van der Waals surface area (Å²) in [5.41, 5.74) is -1.89. The Morgan fingerprint density at radius 1 is 0.475 bits per heavy atom. The summed E-state index contributed by atoms with van der Waals surface area (Å²) in [6.45, 7) is 21.2. The van der Waals surface area contributed by atoms with E-state index >= 15 is 0 Å². The lowest BCUT2D eigenvalue weighted by Crippen LogP contribution is -2.41. The number of rotatable bonds is 4. The first-order valence-corrected chi connectivity index (χ1v) is 13.3. The fourth-order valence-corrected chi connectivity index (χ4v) is 2.35. The van der Waals surface area contributed by atoms with E-state index in [4.69, 9.17) is 20.6 Å². The highest BCUT2D eigenvalue weighted by molar-refractivity contribution is 5.82. The van der Waals surface area contributed by atoms with Crippen molar-refractivity contribution in [3.8, 4) is 0 Å². The van der Waals surface area contributed by atoms with Gasteiger partial charge in [0.05, 0.1) is 0 Å². The Morgan fingerprint density at radius 2 is 0.750 bits per heavy atom. The maximum atomic E-state index is 11.6. The average molecular weight is 580 g/mol. The second-order valence-electron chi connectivity index (χ2n) is 13.8. The second-order valence-corrected chi connectivity index (χ2v) is 13.8. The van der Waals surface area contributed by atoms with Crippen LogP contribution in [0.3, 0.4) is 0 Å². The molecule has 4 rings (SSSR count). The van der Waals surface area contributed by atoms with Gasteiger partial charge in [-0.15, -0.1) is 0 Å². The molecule has 0 aliphatic heterocycles. The summed E-state index contributed by atoms with van der Waals surface area (Å²) in [5.74, 6) is -9.95. The van der Waals surface area contributed by atoms with Crippen LogP contribution in [0.4, 0.5) is 0 Å². The predicted molar refractivity (Wildman–Crippen MR) is 162 cm³/mol. The smallest absolute Gasteiger partial charge is 0.223 e. The minimum absolute atomic E-state index is 0.00190. The maximum Gasteiger partial charge on any atom is 0.223 e. The molecule has 0 spiro atoms. The van der Waals surface area contributed by atoms with E-state index < -0.39 is 114 Å². The highest BCUT2D eigenvalue weighted by Crippen LogP contribution is 2.31. The monoisotopic (exact) mass is 580 g/mol. The summed E-state index contributed by atoms with van der Waals surface area (Å²) in [4.78, 5) is 46.0. The molecule has 4 fully saturated rings. The molecule has 4 aliphatic rings. The van der Waals surface area contributed by atoms with Crippen molar-refractivity contribution in [1.29, 1.82) is 0 Å². The van der Waals surface area contributed by atoms with Gasteiger partial charge in [-0.1, -0.05) is 0 Å². The highest BCUT2D eigenvalue weighted by Gasteiger charge is 2.33. The van der Waals surface area contributed by atoms with Crippen molar-refractivity contribution >= 4 is 23.6 Å². The molecule has 8 nitrogen and oxygen atoms in total. The van der Waals surface area contributed by atoms with Crippen LogP contribution in [0, 0.1) is 23.6 Å².